The number of methoxy groups -OCH3 is 1. The smallest absolute Gasteiger partial charge is 0.256 e. The van der Waals surface area contributed by atoms with Crippen LogP contribution in [0, 0.1) is 6.92 Å². The molecule has 0 amide bonds. The normalized spacial score (nSPS) is 10.7. The fourth-order valence-corrected chi connectivity index (χ4v) is 2.62. The highest BCUT2D eigenvalue weighted by Gasteiger charge is 2.12. The lowest BCUT2D eigenvalue weighted by Gasteiger charge is -2.08. The minimum atomic E-state index is -0.218. The van der Waals surface area contributed by atoms with Gasteiger partial charge < -0.3 is 9.72 Å². The zero-order chi connectivity index (χ0) is 16.6. The van der Waals surface area contributed by atoms with Gasteiger partial charge in [0.1, 0.15) is 0 Å². The maximum Gasteiger partial charge on any atom is 0.256 e. The van der Waals surface area contributed by atoms with Gasteiger partial charge in [0, 0.05) is 39.9 Å². The van der Waals surface area contributed by atoms with Crippen molar-refractivity contribution < 1.29 is 9.53 Å². The standard InChI is InChI=1S/C18H16N2O3/c1-10-6-13(11(2)21)15-8-14(18(22)20-16(15)7-10)12-4-5-17(23-3)19-9-12/h4-9H,1-3H3,(H,20,22). The van der Waals surface area contributed by atoms with E-state index in [1.807, 2.05) is 19.1 Å². The number of hydrogen-bond donors (Lipinski definition) is 1. The van der Waals surface area contributed by atoms with Crippen molar-refractivity contribution in [2.45, 2.75) is 13.8 Å². The average molecular weight is 308 g/mol. The maximum atomic E-state index is 12.4. The number of H-pyrrole nitrogens is 1. The Morgan fingerprint density at radius 2 is 2.00 bits per heavy atom. The predicted octanol–water partition coefficient (Wildman–Crippen LogP) is 3.11. The van der Waals surface area contributed by atoms with Crippen LogP contribution in [0.5, 0.6) is 5.88 Å². The summed E-state index contributed by atoms with van der Waals surface area (Å²) in [6.45, 7) is 3.42. The van der Waals surface area contributed by atoms with Gasteiger partial charge in [0.25, 0.3) is 5.56 Å². The van der Waals surface area contributed by atoms with Gasteiger partial charge >= 0.3 is 0 Å². The molecule has 0 atom stereocenters. The summed E-state index contributed by atoms with van der Waals surface area (Å²) in [5.74, 6) is 0.440. The largest absolute Gasteiger partial charge is 0.481 e. The van der Waals surface area contributed by atoms with Crippen molar-refractivity contribution in [1.29, 1.82) is 0 Å². The van der Waals surface area contributed by atoms with Crippen LogP contribution in [0.4, 0.5) is 0 Å². The van der Waals surface area contributed by atoms with Crippen molar-refractivity contribution in [3.8, 4) is 17.0 Å². The molecule has 0 unspecified atom stereocenters. The molecule has 0 saturated heterocycles. The first-order valence-electron chi connectivity index (χ1n) is 7.18. The highest BCUT2D eigenvalue weighted by Crippen LogP contribution is 2.24. The van der Waals surface area contributed by atoms with Crippen LogP contribution in [-0.4, -0.2) is 22.9 Å². The number of nitrogens with zero attached hydrogens (tertiary/aromatic N) is 1. The van der Waals surface area contributed by atoms with Crippen molar-refractivity contribution in [2.24, 2.45) is 0 Å². The van der Waals surface area contributed by atoms with Crippen LogP contribution in [-0.2, 0) is 0 Å². The molecule has 0 saturated carbocycles. The molecule has 1 N–H and O–H groups in total. The van der Waals surface area contributed by atoms with Gasteiger partial charge in [0.2, 0.25) is 5.88 Å². The van der Waals surface area contributed by atoms with Crippen molar-refractivity contribution >= 4 is 16.7 Å². The lowest BCUT2D eigenvalue weighted by molar-refractivity contribution is 0.101. The van der Waals surface area contributed by atoms with Gasteiger partial charge in [0.15, 0.2) is 5.78 Å². The van der Waals surface area contributed by atoms with Gasteiger partial charge in [-0.25, -0.2) is 4.98 Å². The monoisotopic (exact) mass is 308 g/mol. The molecule has 0 aliphatic heterocycles. The van der Waals surface area contributed by atoms with Crippen LogP contribution in [0.2, 0.25) is 0 Å². The van der Waals surface area contributed by atoms with Gasteiger partial charge in [-0.1, -0.05) is 0 Å². The van der Waals surface area contributed by atoms with Crippen LogP contribution in [0.15, 0.2) is 41.3 Å². The second-order valence-electron chi connectivity index (χ2n) is 5.43. The van der Waals surface area contributed by atoms with E-state index in [0.717, 1.165) is 10.9 Å². The second kappa shape index (κ2) is 5.68. The van der Waals surface area contributed by atoms with Crippen LogP contribution in [0.3, 0.4) is 0 Å². The quantitative estimate of drug-likeness (QED) is 0.755. The molecular formula is C18H16N2O3. The number of nitrogens with one attached hydrogen (secondary N) is 1. The summed E-state index contributed by atoms with van der Waals surface area (Å²) in [4.78, 5) is 31.3. The molecule has 0 aliphatic rings. The summed E-state index contributed by atoms with van der Waals surface area (Å²) in [6, 6.07) is 8.90. The van der Waals surface area contributed by atoms with E-state index in [1.54, 1.807) is 24.4 Å². The van der Waals surface area contributed by atoms with E-state index in [0.29, 0.717) is 28.1 Å². The minimum absolute atomic E-state index is 0.0374. The van der Waals surface area contributed by atoms with Gasteiger partial charge in [-0.05, 0) is 43.7 Å². The third kappa shape index (κ3) is 2.73. The molecule has 0 fully saturated rings. The average Bonchev–Trinajstić information content (AvgIpc) is 2.53. The molecule has 116 valence electrons. The van der Waals surface area contributed by atoms with E-state index in [2.05, 4.69) is 9.97 Å². The van der Waals surface area contributed by atoms with E-state index in [-0.39, 0.29) is 11.3 Å². The number of aromatic amines is 1. The van der Waals surface area contributed by atoms with Gasteiger partial charge in [-0.2, -0.15) is 0 Å². The number of fused-ring (bicyclic) bond motifs is 1. The highest BCUT2D eigenvalue weighted by atomic mass is 16.5. The number of benzene rings is 1. The molecule has 2 heterocycles. The van der Waals surface area contributed by atoms with Gasteiger partial charge in [-0.3, -0.25) is 9.59 Å². The number of rotatable bonds is 3. The topological polar surface area (TPSA) is 72.1 Å². The van der Waals surface area contributed by atoms with Crippen molar-refractivity contribution in [3.63, 3.8) is 0 Å². The number of ketones is 1. The predicted molar refractivity (Wildman–Crippen MR) is 89.1 cm³/mol. The number of pyridine rings is 2. The van der Waals surface area contributed by atoms with E-state index in [1.165, 1.54) is 14.0 Å². The fraction of sp³-hybridized carbons (Fsp3) is 0.167. The molecule has 23 heavy (non-hydrogen) atoms. The highest BCUT2D eigenvalue weighted by molar-refractivity contribution is 6.07. The van der Waals surface area contributed by atoms with E-state index < -0.39 is 0 Å². The molecule has 3 rings (SSSR count). The Kier molecular flexibility index (Phi) is 3.70. The van der Waals surface area contributed by atoms with Crippen molar-refractivity contribution in [3.05, 3.63) is 58.0 Å². The Morgan fingerprint density at radius 1 is 1.22 bits per heavy atom. The molecule has 3 aromatic rings. The zero-order valence-electron chi connectivity index (χ0n) is 13.1. The van der Waals surface area contributed by atoms with Crippen molar-refractivity contribution in [1.82, 2.24) is 9.97 Å². The summed E-state index contributed by atoms with van der Waals surface area (Å²) < 4.78 is 5.03. The first-order chi connectivity index (χ1) is 11.0. The Labute approximate surface area is 133 Å². The Hall–Kier alpha value is -2.95. The third-order valence-electron chi connectivity index (χ3n) is 3.74. The molecule has 2 aromatic heterocycles. The number of Topliss-reactive ketones (excluding diaryl/α,β-unsaturated/α-hetero) is 1. The molecule has 0 spiro atoms. The first kappa shape index (κ1) is 15.0. The van der Waals surface area contributed by atoms with Crippen LogP contribution in [0.1, 0.15) is 22.8 Å². The Bertz CT molecular complexity index is 956. The lowest BCUT2D eigenvalue weighted by atomic mass is 9.99. The number of hydrogen-bond acceptors (Lipinski definition) is 4. The number of carbonyl (C=O) groups excluding carboxylic acids is 1. The lowest BCUT2D eigenvalue weighted by Crippen LogP contribution is -2.10. The second-order valence-corrected chi connectivity index (χ2v) is 5.43. The molecule has 1 aromatic carbocycles. The molecule has 0 bridgehead atoms. The number of aromatic nitrogens is 2. The van der Waals surface area contributed by atoms with Crippen LogP contribution < -0.4 is 10.3 Å². The van der Waals surface area contributed by atoms with Gasteiger partial charge in [0.05, 0.1) is 7.11 Å². The summed E-state index contributed by atoms with van der Waals surface area (Å²) in [5.41, 5.74) is 3.11. The van der Waals surface area contributed by atoms with Crippen LogP contribution >= 0.6 is 0 Å². The van der Waals surface area contributed by atoms with E-state index in [4.69, 9.17) is 4.74 Å². The summed E-state index contributed by atoms with van der Waals surface area (Å²) in [7, 11) is 1.53. The zero-order valence-corrected chi connectivity index (χ0v) is 13.1. The maximum absolute atomic E-state index is 12.4. The van der Waals surface area contributed by atoms with Crippen LogP contribution in [0.25, 0.3) is 22.0 Å². The molecule has 5 nitrogen and oxygen atoms in total. The molecule has 0 radical (unpaired) electrons. The van der Waals surface area contributed by atoms with Crippen molar-refractivity contribution in [2.75, 3.05) is 7.11 Å². The van der Waals surface area contributed by atoms with E-state index in [9.17, 15) is 9.59 Å². The number of aryl methyl sites for hydroxylation is 1. The van der Waals surface area contributed by atoms with Gasteiger partial charge in [-0.15, -0.1) is 0 Å². The first-order valence-corrected chi connectivity index (χ1v) is 7.18. The fourth-order valence-electron chi connectivity index (χ4n) is 2.62. The Morgan fingerprint density at radius 3 is 2.61 bits per heavy atom. The molecular weight excluding hydrogens is 292 g/mol. The summed E-state index contributed by atoms with van der Waals surface area (Å²) >= 11 is 0. The molecule has 0 aliphatic carbocycles. The Balaban J connectivity index is 2.27. The summed E-state index contributed by atoms with van der Waals surface area (Å²) in [6.07, 6.45) is 1.58. The minimum Gasteiger partial charge on any atom is -0.481 e. The van der Waals surface area contributed by atoms with E-state index >= 15 is 0 Å². The SMILES string of the molecule is COc1ccc(-c2cc3c(C(C)=O)cc(C)cc3[nH]c2=O)cn1. The summed E-state index contributed by atoms with van der Waals surface area (Å²) in [5, 5.41) is 0.730. The third-order valence-corrected chi connectivity index (χ3v) is 3.74. The number of ether oxygens (including phenoxy) is 1. The molecule has 5 heteroatoms. The number of carbonyl (C=O) groups is 1.